The van der Waals surface area contributed by atoms with Crippen molar-refractivity contribution in [2.75, 3.05) is 11.4 Å². The average Bonchev–Trinajstić information content (AvgIpc) is 2.74. The zero-order valence-electron chi connectivity index (χ0n) is 9.26. The number of hydrogen-bond acceptors (Lipinski definition) is 3. The van der Waals surface area contributed by atoms with Gasteiger partial charge in [-0.2, -0.15) is 0 Å². The molecule has 0 radical (unpaired) electrons. The minimum atomic E-state index is -0.425. The Morgan fingerprint density at radius 3 is 2.89 bits per heavy atom. The zero-order chi connectivity index (χ0) is 12.7. The van der Waals surface area contributed by atoms with Gasteiger partial charge in [0, 0.05) is 19.0 Å². The molecule has 0 saturated carbocycles. The van der Waals surface area contributed by atoms with E-state index < -0.39 is 6.03 Å². The van der Waals surface area contributed by atoms with Gasteiger partial charge in [-0.1, -0.05) is 6.07 Å². The van der Waals surface area contributed by atoms with Gasteiger partial charge < -0.3 is 0 Å². The van der Waals surface area contributed by atoms with Crippen molar-refractivity contribution in [2.24, 2.45) is 0 Å². The monoisotopic (exact) mass is 308 g/mol. The van der Waals surface area contributed by atoms with Gasteiger partial charge >= 0.3 is 6.03 Å². The molecule has 3 amide bonds. The number of carbonyl (C=O) groups excluding carboxylic acids is 2. The van der Waals surface area contributed by atoms with E-state index in [1.165, 1.54) is 4.90 Å². The average molecular weight is 309 g/mol. The Morgan fingerprint density at radius 1 is 1.33 bits per heavy atom. The first-order chi connectivity index (χ1) is 8.65. The minimum Gasteiger partial charge on any atom is -0.278 e. The molecule has 0 atom stereocenters. The summed E-state index contributed by atoms with van der Waals surface area (Å²) >= 11 is 3.39. The maximum absolute atomic E-state index is 11.7. The van der Waals surface area contributed by atoms with Crippen LogP contribution < -0.4 is 10.2 Å². The molecule has 3 heterocycles. The van der Waals surface area contributed by atoms with Crippen LogP contribution in [-0.4, -0.2) is 28.1 Å². The molecule has 1 saturated heterocycles. The zero-order valence-corrected chi connectivity index (χ0v) is 10.8. The van der Waals surface area contributed by atoms with Crippen LogP contribution in [0.4, 0.5) is 10.6 Å². The number of carbonyl (C=O) groups is 2. The molecule has 2 aromatic rings. The standard InChI is InChI=1S/C11H9BrN4O2/c12-8-3-1-2-7-6-9(14-16(7)8)15-5-4-10(17)13-11(15)18/h1-3,6H,4-5H2,(H,13,17,18). The molecule has 92 valence electrons. The molecular formula is C11H9BrN4O2. The maximum Gasteiger partial charge on any atom is 0.329 e. The minimum absolute atomic E-state index is 0.249. The van der Waals surface area contributed by atoms with E-state index in [0.717, 1.165) is 10.1 Å². The number of urea groups is 1. The first-order valence-corrected chi connectivity index (χ1v) is 6.20. The third-order valence-corrected chi connectivity index (χ3v) is 3.36. The second kappa shape index (κ2) is 4.09. The van der Waals surface area contributed by atoms with Gasteiger partial charge in [-0.15, -0.1) is 5.10 Å². The summed E-state index contributed by atoms with van der Waals surface area (Å²) in [5.41, 5.74) is 0.879. The molecule has 3 rings (SSSR count). The molecule has 0 spiro atoms. The van der Waals surface area contributed by atoms with Gasteiger partial charge in [0.15, 0.2) is 5.82 Å². The number of nitrogens with zero attached hydrogens (tertiary/aromatic N) is 3. The highest BCUT2D eigenvalue weighted by Gasteiger charge is 2.26. The Kier molecular flexibility index (Phi) is 2.55. The summed E-state index contributed by atoms with van der Waals surface area (Å²) in [6, 6.07) is 7.04. The van der Waals surface area contributed by atoms with Gasteiger partial charge in [0.2, 0.25) is 5.91 Å². The van der Waals surface area contributed by atoms with Crippen molar-refractivity contribution in [3.8, 4) is 0 Å². The van der Waals surface area contributed by atoms with Crippen LogP contribution in [0.1, 0.15) is 6.42 Å². The number of nitrogens with one attached hydrogen (secondary N) is 1. The normalized spacial score (nSPS) is 16.2. The van der Waals surface area contributed by atoms with Crippen LogP contribution in [0, 0.1) is 0 Å². The number of imide groups is 1. The van der Waals surface area contributed by atoms with E-state index in [4.69, 9.17) is 0 Å². The van der Waals surface area contributed by atoms with E-state index in [9.17, 15) is 9.59 Å². The quantitative estimate of drug-likeness (QED) is 0.813. The van der Waals surface area contributed by atoms with Gasteiger partial charge in [-0.25, -0.2) is 9.31 Å². The second-order valence-electron chi connectivity index (χ2n) is 3.94. The fourth-order valence-electron chi connectivity index (χ4n) is 1.88. The molecule has 6 nitrogen and oxygen atoms in total. The molecule has 1 aliphatic heterocycles. The van der Waals surface area contributed by atoms with Crippen molar-refractivity contribution in [3.05, 3.63) is 28.9 Å². The number of pyridine rings is 1. The number of rotatable bonds is 1. The summed E-state index contributed by atoms with van der Waals surface area (Å²) in [5.74, 6) is 0.285. The van der Waals surface area contributed by atoms with Crippen molar-refractivity contribution in [2.45, 2.75) is 6.42 Å². The predicted octanol–water partition coefficient (Wildman–Crippen LogP) is 1.54. The lowest BCUT2D eigenvalue weighted by molar-refractivity contribution is -0.120. The van der Waals surface area contributed by atoms with E-state index in [1.807, 2.05) is 18.2 Å². The lowest BCUT2D eigenvalue weighted by Crippen LogP contribution is -2.49. The Balaban J connectivity index is 2.02. The van der Waals surface area contributed by atoms with E-state index in [2.05, 4.69) is 26.3 Å². The first kappa shape index (κ1) is 11.2. The Hall–Kier alpha value is -1.89. The van der Waals surface area contributed by atoms with Crippen LogP contribution in [0.5, 0.6) is 0 Å². The molecule has 0 bridgehead atoms. The lowest BCUT2D eigenvalue weighted by atomic mass is 10.3. The molecule has 1 N–H and O–H groups in total. The van der Waals surface area contributed by atoms with Crippen LogP contribution >= 0.6 is 15.9 Å². The molecule has 18 heavy (non-hydrogen) atoms. The molecule has 0 aliphatic carbocycles. The van der Waals surface area contributed by atoms with E-state index in [1.54, 1.807) is 10.6 Å². The topological polar surface area (TPSA) is 66.7 Å². The van der Waals surface area contributed by atoms with Crippen LogP contribution in [0.3, 0.4) is 0 Å². The highest BCUT2D eigenvalue weighted by Crippen LogP contribution is 2.21. The third kappa shape index (κ3) is 1.76. The highest BCUT2D eigenvalue weighted by molar-refractivity contribution is 9.10. The summed E-state index contributed by atoms with van der Waals surface area (Å²) in [5, 5.41) is 6.61. The summed E-state index contributed by atoms with van der Waals surface area (Å²) in [7, 11) is 0. The van der Waals surface area contributed by atoms with E-state index in [0.29, 0.717) is 18.8 Å². The Labute approximate surface area is 111 Å². The second-order valence-corrected chi connectivity index (χ2v) is 4.76. The summed E-state index contributed by atoms with van der Waals surface area (Å²) in [6.07, 6.45) is 0.292. The van der Waals surface area contributed by atoms with Gasteiger partial charge in [0.05, 0.1) is 5.52 Å². The smallest absolute Gasteiger partial charge is 0.278 e. The predicted molar refractivity (Wildman–Crippen MR) is 68.4 cm³/mol. The van der Waals surface area contributed by atoms with Crippen molar-refractivity contribution in [1.29, 1.82) is 0 Å². The number of amides is 3. The largest absolute Gasteiger partial charge is 0.329 e. The first-order valence-electron chi connectivity index (χ1n) is 5.41. The molecule has 2 aromatic heterocycles. The van der Waals surface area contributed by atoms with E-state index in [-0.39, 0.29) is 5.91 Å². The lowest BCUT2D eigenvalue weighted by Gasteiger charge is -2.23. The van der Waals surface area contributed by atoms with Crippen molar-refractivity contribution in [3.63, 3.8) is 0 Å². The molecule has 1 fully saturated rings. The Morgan fingerprint density at radius 2 is 2.17 bits per heavy atom. The number of anilines is 1. The maximum atomic E-state index is 11.7. The fourth-order valence-corrected chi connectivity index (χ4v) is 2.32. The van der Waals surface area contributed by atoms with Crippen LogP contribution in [0.2, 0.25) is 0 Å². The van der Waals surface area contributed by atoms with Gasteiger partial charge in [0.1, 0.15) is 4.60 Å². The molecule has 7 heteroatoms. The third-order valence-electron chi connectivity index (χ3n) is 2.76. The summed E-state index contributed by atoms with van der Waals surface area (Å²) in [6.45, 7) is 0.353. The molecule has 0 unspecified atom stereocenters. The SMILES string of the molecule is O=C1CCN(c2cc3cccc(Br)n3n2)C(=O)N1. The Bertz CT molecular complexity index is 652. The fraction of sp³-hybridized carbons (Fsp3) is 0.182. The highest BCUT2D eigenvalue weighted by atomic mass is 79.9. The van der Waals surface area contributed by atoms with Gasteiger partial charge in [-0.05, 0) is 28.1 Å². The van der Waals surface area contributed by atoms with Gasteiger partial charge in [0.25, 0.3) is 0 Å². The molecule has 0 aromatic carbocycles. The molecule has 1 aliphatic rings. The summed E-state index contributed by atoms with van der Waals surface area (Å²) < 4.78 is 2.50. The molecular weight excluding hydrogens is 300 g/mol. The number of halogens is 1. The number of hydrogen-bond donors (Lipinski definition) is 1. The van der Waals surface area contributed by atoms with Crippen molar-refractivity contribution in [1.82, 2.24) is 14.9 Å². The van der Waals surface area contributed by atoms with Crippen LogP contribution in [-0.2, 0) is 4.79 Å². The number of aromatic nitrogens is 2. The van der Waals surface area contributed by atoms with Gasteiger partial charge in [-0.3, -0.25) is 15.0 Å². The number of fused-ring (bicyclic) bond motifs is 1. The summed E-state index contributed by atoms with van der Waals surface area (Å²) in [4.78, 5) is 24.2. The van der Waals surface area contributed by atoms with Crippen LogP contribution in [0.25, 0.3) is 5.52 Å². The van der Waals surface area contributed by atoms with Crippen molar-refractivity contribution < 1.29 is 9.59 Å². The van der Waals surface area contributed by atoms with Crippen LogP contribution in [0.15, 0.2) is 28.9 Å². The van der Waals surface area contributed by atoms with Crippen molar-refractivity contribution >= 4 is 39.2 Å². The van der Waals surface area contributed by atoms with E-state index >= 15 is 0 Å².